The van der Waals surface area contributed by atoms with E-state index in [2.05, 4.69) is 11.9 Å². The number of benzene rings is 1. The lowest BCUT2D eigenvalue weighted by Crippen LogP contribution is -2.32. The Labute approximate surface area is 124 Å². The predicted octanol–water partition coefficient (Wildman–Crippen LogP) is 2.48. The molecule has 0 bridgehead atoms. The summed E-state index contributed by atoms with van der Waals surface area (Å²) in [6.45, 7) is 7.42. The first-order valence-corrected chi connectivity index (χ1v) is 6.73. The lowest BCUT2D eigenvalue weighted by Gasteiger charge is -2.19. The highest BCUT2D eigenvalue weighted by Crippen LogP contribution is 2.20. The van der Waals surface area contributed by atoms with Gasteiger partial charge in [-0.15, -0.1) is 0 Å². The van der Waals surface area contributed by atoms with Crippen LogP contribution in [0.5, 0.6) is 5.75 Å². The van der Waals surface area contributed by atoms with Crippen molar-refractivity contribution < 1.29 is 19.4 Å². The molecule has 0 fully saturated rings. The summed E-state index contributed by atoms with van der Waals surface area (Å²) in [6, 6.07) is 6.90. The number of carboxylic acids is 1. The van der Waals surface area contributed by atoms with Crippen LogP contribution in [0.2, 0.25) is 0 Å². The molecule has 0 heterocycles. The van der Waals surface area contributed by atoms with Crippen LogP contribution >= 0.6 is 0 Å². The molecule has 0 atom stereocenters. The summed E-state index contributed by atoms with van der Waals surface area (Å²) in [5, 5.41) is 11.7. The van der Waals surface area contributed by atoms with E-state index in [-0.39, 0.29) is 12.5 Å². The fourth-order valence-electron chi connectivity index (χ4n) is 1.62. The Morgan fingerprint density at radius 2 is 2.05 bits per heavy atom. The number of nitrogens with one attached hydrogen (secondary N) is 1. The topological polar surface area (TPSA) is 75.6 Å². The van der Waals surface area contributed by atoms with E-state index in [1.54, 1.807) is 44.2 Å². The Bertz CT molecular complexity index is 523. The van der Waals surface area contributed by atoms with Gasteiger partial charge in [0.05, 0.1) is 11.0 Å². The Kier molecular flexibility index (Phi) is 5.96. The summed E-state index contributed by atoms with van der Waals surface area (Å²) < 4.78 is 5.42. The van der Waals surface area contributed by atoms with Crippen molar-refractivity contribution >= 4 is 11.9 Å². The maximum absolute atomic E-state index is 12.1. The van der Waals surface area contributed by atoms with Gasteiger partial charge in [0.15, 0.2) is 0 Å². The smallest absolute Gasteiger partial charge is 0.309 e. The van der Waals surface area contributed by atoms with Crippen molar-refractivity contribution in [1.29, 1.82) is 0 Å². The number of carbonyl (C=O) groups is 2. The van der Waals surface area contributed by atoms with Crippen LogP contribution < -0.4 is 10.1 Å². The summed E-state index contributed by atoms with van der Waals surface area (Å²) >= 11 is 0. The minimum Gasteiger partial charge on any atom is -0.489 e. The molecule has 5 heteroatoms. The maximum Gasteiger partial charge on any atom is 0.309 e. The van der Waals surface area contributed by atoms with Crippen molar-refractivity contribution in [3.63, 3.8) is 0 Å². The van der Waals surface area contributed by atoms with Gasteiger partial charge in [0.25, 0.3) is 5.91 Å². The van der Waals surface area contributed by atoms with E-state index < -0.39 is 11.4 Å². The average molecular weight is 291 g/mol. The van der Waals surface area contributed by atoms with E-state index in [0.717, 1.165) is 0 Å². The highest BCUT2D eigenvalue weighted by Gasteiger charge is 2.26. The van der Waals surface area contributed by atoms with Gasteiger partial charge in [-0.3, -0.25) is 9.59 Å². The standard InChI is InChI=1S/C16H21NO4/c1-4-11-21-13-8-6-5-7-12(13)14(18)17-10-9-16(2,3)15(19)20/h4-8H,1,9-11H2,2-3H3,(H,17,18)(H,19,20). The molecule has 0 aliphatic carbocycles. The summed E-state index contributed by atoms with van der Waals surface area (Å²) in [5.74, 6) is -0.685. The van der Waals surface area contributed by atoms with Gasteiger partial charge in [-0.05, 0) is 32.4 Å². The molecule has 0 radical (unpaired) electrons. The van der Waals surface area contributed by atoms with E-state index in [1.165, 1.54) is 0 Å². The van der Waals surface area contributed by atoms with Crippen LogP contribution in [0, 0.1) is 5.41 Å². The molecule has 1 aromatic rings. The molecule has 114 valence electrons. The molecule has 0 aliphatic rings. The van der Waals surface area contributed by atoms with E-state index in [1.807, 2.05) is 0 Å². The number of hydrogen-bond donors (Lipinski definition) is 2. The van der Waals surface area contributed by atoms with E-state index in [9.17, 15) is 9.59 Å². The molecule has 0 spiro atoms. The number of rotatable bonds is 8. The van der Waals surface area contributed by atoms with Gasteiger partial charge in [0, 0.05) is 6.54 Å². The first-order chi connectivity index (χ1) is 9.88. The number of carbonyl (C=O) groups excluding carboxylic acids is 1. The van der Waals surface area contributed by atoms with Crippen molar-refractivity contribution in [1.82, 2.24) is 5.32 Å². The normalized spacial score (nSPS) is 10.8. The highest BCUT2D eigenvalue weighted by atomic mass is 16.5. The van der Waals surface area contributed by atoms with Crippen molar-refractivity contribution in [3.8, 4) is 5.75 Å². The largest absolute Gasteiger partial charge is 0.489 e. The van der Waals surface area contributed by atoms with Gasteiger partial charge in [0.2, 0.25) is 0 Å². The van der Waals surface area contributed by atoms with Crippen LogP contribution in [0.4, 0.5) is 0 Å². The molecule has 0 unspecified atom stereocenters. The molecule has 21 heavy (non-hydrogen) atoms. The Morgan fingerprint density at radius 1 is 1.38 bits per heavy atom. The third-order valence-corrected chi connectivity index (χ3v) is 3.10. The highest BCUT2D eigenvalue weighted by molar-refractivity contribution is 5.96. The number of amides is 1. The number of aliphatic carboxylic acids is 1. The third kappa shape index (κ3) is 4.95. The SMILES string of the molecule is C=CCOc1ccccc1C(=O)NCCC(C)(C)C(=O)O. The first-order valence-electron chi connectivity index (χ1n) is 6.73. The first kappa shape index (κ1) is 16.8. The zero-order valence-electron chi connectivity index (χ0n) is 12.4. The molecule has 0 saturated heterocycles. The van der Waals surface area contributed by atoms with Crippen LogP contribution in [-0.4, -0.2) is 30.1 Å². The number of para-hydroxylation sites is 1. The Morgan fingerprint density at radius 3 is 2.67 bits per heavy atom. The number of ether oxygens (including phenoxy) is 1. The summed E-state index contributed by atoms with van der Waals surface area (Å²) in [6.07, 6.45) is 1.95. The van der Waals surface area contributed by atoms with Gasteiger partial charge in [-0.1, -0.05) is 24.8 Å². The van der Waals surface area contributed by atoms with Crippen LogP contribution in [0.3, 0.4) is 0 Å². The van der Waals surface area contributed by atoms with Gasteiger partial charge >= 0.3 is 5.97 Å². The van der Waals surface area contributed by atoms with Gasteiger partial charge in [0.1, 0.15) is 12.4 Å². The lowest BCUT2D eigenvalue weighted by atomic mass is 9.90. The molecular formula is C16H21NO4. The van der Waals surface area contributed by atoms with Gasteiger partial charge in [-0.2, -0.15) is 0 Å². The molecule has 1 amide bonds. The van der Waals surface area contributed by atoms with E-state index >= 15 is 0 Å². The fourth-order valence-corrected chi connectivity index (χ4v) is 1.62. The summed E-state index contributed by atoms with van der Waals surface area (Å²) in [4.78, 5) is 23.1. The maximum atomic E-state index is 12.1. The van der Waals surface area contributed by atoms with Crippen molar-refractivity contribution in [2.75, 3.05) is 13.2 Å². The molecule has 0 aromatic heterocycles. The third-order valence-electron chi connectivity index (χ3n) is 3.10. The Hall–Kier alpha value is -2.30. The second kappa shape index (κ2) is 7.47. The molecule has 2 N–H and O–H groups in total. The predicted molar refractivity (Wildman–Crippen MR) is 80.5 cm³/mol. The van der Waals surface area contributed by atoms with Crippen molar-refractivity contribution in [2.24, 2.45) is 5.41 Å². The molecular weight excluding hydrogens is 270 g/mol. The zero-order valence-corrected chi connectivity index (χ0v) is 12.4. The second-order valence-electron chi connectivity index (χ2n) is 5.29. The van der Waals surface area contributed by atoms with E-state index in [0.29, 0.717) is 24.3 Å². The van der Waals surface area contributed by atoms with Gasteiger partial charge < -0.3 is 15.2 Å². The second-order valence-corrected chi connectivity index (χ2v) is 5.29. The molecule has 0 aliphatic heterocycles. The minimum atomic E-state index is -0.883. The van der Waals surface area contributed by atoms with Crippen LogP contribution in [0.1, 0.15) is 30.6 Å². The number of hydrogen-bond acceptors (Lipinski definition) is 3. The van der Waals surface area contributed by atoms with Crippen LogP contribution in [0.15, 0.2) is 36.9 Å². The van der Waals surface area contributed by atoms with Crippen LogP contribution in [-0.2, 0) is 4.79 Å². The molecule has 1 aromatic carbocycles. The Balaban J connectivity index is 2.64. The lowest BCUT2D eigenvalue weighted by molar-refractivity contribution is -0.147. The quantitative estimate of drug-likeness (QED) is 0.721. The summed E-state index contributed by atoms with van der Waals surface area (Å²) in [5.41, 5.74) is -0.445. The van der Waals surface area contributed by atoms with Crippen molar-refractivity contribution in [2.45, 2.75) is 20.3 Å². The number of carboxylic acid groups (broad SMARTS) is 1. The zero-order chi connectivity index (χ0) is 15.9. The van der Waals surface area contributed by atoms with E-state index in [4.69, 9.17) is 9.84 Å². The average Bonchev–Trinajstić information content (AvgIpc) is 2.45. The molecule has 0 saturated carbocycles. The molecule has 5 nitrogen and oxygen atoms in total. The monoisotopic (exact) mass is 291 g/mol. The van der Waals surface area contributed by atoms with Crippen LogP contribution in [0.25, 0.3) is 0 Å². The molecule has 1 rings (SSSR count). The van der Waals surface area contributed by atoms with Gasteiger partial charge in [-0.25, -0.2) is 0 Å². The summed E-state index contributed by atoms with van der Waals surface area (Å²) in [7, 11) is 0. The fraction of sp³-hybridized carbons (Fsp3) is 0.375. The minimum absolute atomic E-state index is 0.282. The van der Waals surface area contributed by atoms with Crippen molar-refractivity contribution in [3.05, 3.63) is 42.5 Å².